The fourth-order valence-electron chi connectivity index (χ4n) is 2.65. The molecular weight excluding hydrogens is 346 g/mol. The summed E-state index contributed by atoms with van der Waals surface area (Å²) in [5, 5.41) is 1.02. The predicted octanol–water partition coefficient (Wildman–Crippen LogP) is 5.21. The van der Waals surface area contributed by atoms with Gasteiger partial charge in [-0.3, -0.25) is 0 Å². The topological polar surface area (TPSA) is 29.3 Å². The average Bonchev–Trinajstić information content (AvgIpc) is 2.57. The first-order valence-electron chi connectivity index (χ1n) is 8.19. The second-order valence-electron chi connectivity index (χ2n) is 5.89. The molecule has 5 heteroatoms. The minimum Gasteiger partial charge on any atom is -0.396 e. The Hall–Kier alpha value is -1.29. The van der Waals surface area contributed by atoms with Crippen molar-refractivity contribution in [1.29, 1.82) is 0 Å². The van der Waals surface area contributed by atoms with Gasteiger partial charge in [-0.05, 0) is 67.7 Å². The summed E-state index contributed by atoms with van der Waals surface area (Å²) in [7, 11) is 0. The SMILES string of the molecule is CCN(CCCc1ccc(F)cc1)CCc1cc(Cl)c(N)c(Cl)c1. The van der Waals surface area contributed by atoms with Crippen molar-refractivity contribution in [3.8, 4) is 0 Å². The molecule has 0 aliphatic heterocycles. The minimum atomic E-state index is -0.185. The third-order valence-corrected chi connectivity index (χ3v) is 4.78. The van der Waals surface area contributed by atoms with Crippen LogP contribution < -0.4 is 5.73 Å². The largest absolute Gasteiger partial charge is 0.396 e. The van der Waals surface area contributed by atoms with Gasteiger partial charge in [-0.25, -0.2) is 4.39 Å². The normalized spacial score (nSPS) is 11.2. The van der Waals surface area contributed by atoms with Gasteiger partial charge in [0.15, 0.2) is 0 Å². The molecule has 130 valence electrons. The van der Waals surface area contributed by atoms with Gasteiger partial charge in [-0.15, -0.1) is 0 Å². The summed E-state index contributed by atoms with van der Waals surface area (Å²) in [6.45, 7) is 5.08. The fraction of sp³-hybridized carbons (Fsp3) is 0.368. The van der Waals surface area contributed by atoms with Crippen molar-refractivity contribution in [3.63, 3.8) is 0 Å². The Bertz CT molecular complexity index is 636. The summed E-state index contributed by atoms with van der Waals surface area (Å²) in [6, 6.07) is 10.5. The van der Waals surface area contributed by atoms with E-state index in [9.17, 15) is 4.39 Å². The lowest BCUT2D eigenvalue weighted by molar-refractivity contribution is 0.288. The maximum absolute atomic E-state index is 12.9. The van der Waals surface area contributed by atoms with E-state index in [0.717, 1.165) is 44.5 Å². The Balaban J connectivity index is 1.80. The second-order valence-corrected chi connectivity index (χ2v) is 6.70. The summed E-state index contributed by atoms with van der Waals surface area (Å²) in [5.41, 5.74) is 8.47. The molecule has 24 heavy (non-hydrogen) atoms. The second kappa shape index (κ2) is 9.26. The number of anilines is 1. The number of hydrogen-bond acceptors (Lipinski definition) is 2. The van der Waals surface area contributed by atoms with Gasteiger partial charge in [0.05, 0.1) is 15.7 Å². The van der Waals surface area contributed by atoms with Gasteiger partial charge in [0, 0.05) is 6.54 Å². The Morgan fingerprint density at radius 3 is 2.17 bits per heavy atom. The van der Waals surface area contributed by atoms with Crippen molar-refractivity contribution in [1.82, 2.24) is 4.90 Å². The van der Waals surface area contributed by atoms with Crippen LogP contribution in [0, 0.1) is 5.82 Å². The molecular formula is C19H23Cl2FN2. The van der Waals surface area contributed by atoms with Crippen LogP contribution in [0.4, 0.5) is 10.1 Å². The predicted molar refractivity (Wildman–Crippen MR) is 101 cm³/mol. The molecule has 0 amide bonds. The lowest BCUT2D eigenvalue weighted by atomic mass is 10.1. The quantitative estimate of drug-likeness (QED) is 0.647. The Labute approximate surface area is 153 Å². The number of aryl methyl sites for hydroxylation is 1. The van der Waals surface area contributed by atoms with Crippen LogP contribution in [0.3, 0.4) is 0 Å². The molecule has 0 atom stereocenters. The van der Waals surface area contributed by atoms with Gasteiger partial charge >= 0.3 is 0 Å². The Kier molecular flexibility index (Phi) is 7.35. The van der Waals surface area contributed by atoms with E-state index in [1.165, 1.54) is 17.7 Å². The maximum atomic E-state index is 12.9. The molecule has 0 aromatic heterocycles. The van der Waals surface area contributed by atoms with E-state index in [2.05, 4.69) is 11.8 Å². The highest BCUT2D eigenvalue weighted by atomic mass is 35.5. The minimum absolute atomic E-state index is 0.185. The van der Waals surface area contributed by atoms with E-state index in [1.807, 2.05) is 24.3 Å². The van der Waals surface area contributed by atoms with Crippen molar-refractivity contribution in [2.24, 2.45) is 0 Å². The van der Waals surface area contributed by atoms with E-state index < -0.39 is 0 Å². The standard InChI is InChI=1S/C19H23Cl2FN2/c1-2-24(10-3-4-14-5-7-16(22)8-6-14)11-9-15-12-17(20)19(23)18(21)13-15/h5-8,12-13H,2-4,9-11,23H2,1H3. The van der Waals surface area contributed by atoms with Crippen LogP contribution in [0.5, 0.6) is 0 Å². The van der Waals surface area contributed by atoms with Crippen molar-refractivity contribution in [2.75, 3.05) is 25.4 Å². The Morgan fingerprint density at radius 1 is 0.958 bits per heavy atom. The first-order chi connectivity index (χ1) is 11.5. The maximum Gasteiger partial charge on any atom is 0.123 e. The molecule has 2 aromatic carbocycles. The monoisotopic (exact) mass is 368 g/mol. The van der Waals surface area contributed by atoms with E-state index in [0.29, 0.717) is 15.7 Å². The third kappa shape index (κ3) is 5.66. The molecule has 2 rings (SSSR count). The molecule has 0 fully saturated rings. The summed E-state index contributed by atoms with van der Waals surface area (Å²) in [6.07, 6.45) is 2.88. The van der Waals surface area contributed by atoms with Gasteiger partial charge in [-0.2, -0.15) is 0 Å². The molecule has 0 saturated carbocycles. The number of nitrogen functional groups attached to an aromatic ring is 1. The molecule has 0 spiro atoms. The molecule has 0 unspecified atom stereocenters. The number of rotatable bonds is 8. The van der Waals surface area contributed by atoms with Gasteiger partial charge in [0.2, 0.25) is 0 Å². The lowest BCUT2D eigenvalue weighted by Crippen LogP contribution is -2.27. The highest BCUT2D eigenvalue weighted by Crippen LogP contribution is 2.29. The molecule has 2 nitrogen and oxygen atoms in total. The van der Waals surface area contributed by atoms with Crippen LogP contribution in [-0.2, 0) is 12.8 Å². The lowest BCUT2D eigenvalue weighted by Gasteiger charge is -2.20. The van der Waals surface area contributed by atoms with Crippen LogP contribution in [-0.4, -0.2) is 24.5 Å². The molecule has 0 saturated heterocycles. The number of halogens is 3. The highest BCUT2D eigenvalue weighted by Gasteiger charge is 2.07. The smallest absolute Gasteiger partial charge is 0.123 e. The van der Waals surface area contributed by atoms with Crippen molar-refractivity contribution >= 4 is 28.9 Å². The van der Waals surface area contributed by atoms with E-state index in [1.54, 1.807) is 0 Å². The van der Waals surface area contributed by atoms with Crippen LogP contribution >= 0.6 is 23.2 Å². The van der Waals surface area contributed by atoms with Gasteiger partial charge in [0.1, 0.15) is 5.82 Å². The third-order valence-electron chi connectivity index (χ3n) is 4.16. The van der Waals surface area contributed by atoms with Gasteiger partial charge < -0.3 is 10.6 Å². The van der Waals surface area contributed by atoms with Crippen LogP contribution in [0.25, 0.3) is 0 Å². The summed E-state index contributed by atoms with van der Waals surface area (Å²) in [5.74, 6) is -0.185. The van der Waals surface area contributed by atoms with Gasteiger partial charge in [-0.1, -0.05) is 42.3 Å². The van der Waals surface area contributed by atoms with Gasteiger partial charge in [0.25, 0.3) is 0 Å². The number of benzene rings is 2. The summed E-state index contributed by atoms with van der Waals surface area (Å²) in [4.78, 5) is 2.39. The molecule has 2 N–H and O–H groups in total. The number of likely N-dealkylation sites (N-methyl/N-ethyl adjacent to an activating group) is 1. The van der Waals surface area contributed by atoms with Crippen molar-refractivity contribution in [2.45, 2.75) is 26.2 Å². The summed E-state index contributed by atoms with van der Waals surface area (Å²) < 4.78 is 12.9. The molecule has 0 bridgehead atoms. The Morgan fingerprint density at radius 2 is 1.58 bits per heavy atom. The van der Waals surface area contributed by atoms with E-state index in [4.69, 9.17) is 28.9 Å². The zero-order chi connectivity index (χ0) is 17.5. The van der Waals surface area contributed by atoms with Crippen molar-refractivity contribution < 1.29 is 4.39 Å². The van der Waals surface area contributed by atoms with E-state index in [-0.39, 0.29) is 5.82 Å². The van der Waals surface area contributed by atoms with Crippen LogP contribution in [0.1, 0.15) is 24.5 Å². The molecule has 0 heterocycles. The number of nitrogens with two attached hydrogens (primary N) is 1. The molecule has 2 aromatic rings. The van der Waals surface area contributed by atoms with Crippen molar-refractivity contribution in [3.05, 3.63) is 63.4 Å². The molecule has 0 radical (unpaired) electrons. The average molecular weight is 369 g/mol. The highest BCUT2D eigenvalue weighted by molar-refractivity contribution is 6.38. The zero-order valence-corrected chi connectivity index (χ0v) is 15.4. The molecule has 0 aliphatic carbocycles. The van der Waals surface area contributed by atoms with E-state index >= 15 is 0 Å². The number of hydrogen-bond donors (Lipinski definition) is 1. The zero-order valence-electron chi connectivity index (χ0n) is 13.9. The number of nitrogens with zero attached hydrogens (tertiary/aromatic N) is 1. The van der Waals surface area contributed by atoms with Crippen LogP contribution in [0.2, 0.25) is 10.0 Å². The first kappa shape index (κ1) is 19.0. The van der Waals surface area contributed by atoms with Crippen LogP contribution in [0.15, 0.2) is 36.4 Å². The fourth-order valence-corrected chi connectivity index (χ4v) is 3.19. The summed E-state index contributed by atoms with van der Waals surface area (Å²) >= 11 is 12.2. The molecule has 0 aliphatic rings. The first-order valence-corrected chi connectivity index (χ1v) is 8.95.